The van der Waals surface area contributed by atoms with Crippen LogP contribution in [-0.2, 0) is 11.2 Å². The lowest BCUT2D eigenvalue weighted by Crippen LogP contribution is -2.42. The molecule has 0 bridgehead atoms. The molecule has 1 aromatic carbocycles. The van der Waals surface area contributed by atoms with Crippen molar-refractivity contribution in [3.05, 3.63) is 66.5 Å². The molecule has 0 N–H and O–H groups in total. The minimum atomic E-state index is -0.615. The van der Waals surface area contributed by atoms with Crippen molar-refractivity contribution in [2.45, 2.75) is 25.3 Å². The normalized spacial score (nSPS) is 16.0. The summed E-state index contributed by atoms with van der Waals surface area (Å²) in [5.41, 5.74) is 1.47. The van der Waals surface area contributed by atoms with Crippen LogP contribution in [0.5, 0.6) is 11.5 Å². The first-order chi connectivity index (χ1) is 13.1. The average molecular weight is 366 g/mol. The molecule has 0 aliphatic carbocycles. The van der Waals surface area contributed by atoms with Crippen molar-refractivity contribution in [2.24, 2.45) is 0 Å². The van der Waals surface area contributed by atoms with Gasteiger partial charge in [-0.05, 0) is 49.1 Å². The molecule has 0 radical (unpaired) electrons. The monoisotopic (exact) mass is 366 g/mol. The molecule has 2 aromatic rings. The zero-order valence-electron chi connectivity index (χ0n) is 15.3. The van der Waals surface area contributed by atoms with E-state index in [4.69, 9.17) is 9.47 Å². The second-order valence-electron chi connectivity index (χ2n) is 6.30. The third-order valence-electron chi connectivity index (χ3n) is 4.51. The van der Waals surface area contributed by atoms with Gasteiger partial charge in [0.25, 0.3) is 5.91 Å². The molecule has 1 fully saturated rings. The summed E-state index contributed by atoms with van der Waals surface area (Å²) in [5, 5.41) is 0. The van der Waals surface area contributed by atoms with E-state index >= 15 is 0 Å². The van der Waals surface area contributed by atoms with Crippen molar-refractivity contribution in [3.8, 4) is 11.5 Å². The van der Waals surface area contributed by atoms with E-state index in [0.717, 1.165) is 12.0 Å². The molecule has 27 heavy (non-hydrogen) atoms. The Morgan fingerprint density at radius 3 is 2.89 bits per heavy atom. The number of amides is 1. The second kappa shape index (κ2) is 8.49. The Balaban J connectivity index is 1.75. The van der Waals surface area contributed by atoms with Crippen molar-refractivity contribution in [3.63, 3.8) is 0 Å². The number of allylic oxidation sites excluding steroid dienone is 1. The number of hydrogen-bond acceptors (Lipinski definition) is 5. The molecule has 1 atom stereocenters. The predicted octanol–water partition coefficient (Wildman–Crippen LogP) is 3.03. The highest BCUT2D eigenvalue weighted by Crippen LogP contribution is 2.30. The third-order valence-corrected chi connectivity index (χ3v) is 4.51. The predicted molar refractivity (Wildman–Crippen MR) is 101 cm³/mol. The van der Waals surface area contributed by atoms with Crippen LogP contribution in [-0.4, -0.2) is 41.5 Å². The summed E-state index contributed by atoms with van der Waals surface area (Å²) >= 11 is 0. The van der Waals surface area contributed by atoms with Crippen LogP contribution in [0.2, 0.25) is 0 Å². The molecule has 1 aliphatic rings. The van der Waals surface area contributed by atoms with Crippen LogP contribution in [0.4, 0.5) is 0 Å². The SMILES string of the molecule is C=CCc1ccc(OC(=O)C2CCCN2C(=O)c2cccnc2)c(OC)c1. The topological polar surface area (TPSA) is 68.7 Å². The Bertz CT molecular complexity index is 835. The van der Waals surface area contributed by atoms with Gasteiger partial charge in [-0.1, -0.05) is 12.1 Å². The highest BCUT2D eigenvalue weighted by Gasteiger charge is 2.36. The largest absolute Gasteiger partial charge is 0.493 e. The van der Waals surface area contributed by atoms with Gasteiger partial charge < -0.3 is 14.4 Å². The summed E-state index contributed by atoms with van der Waals surface area (Å²) in [5.74, 6) is 0.150. The van der Waals surface area contributed by atoms with Gasteiger partial charge >= 0.3 is 5.97 Å². The molecule has 1 aliphatic heterocycles. The average Bonchev–Trinajstić information content (AvgIpc) is 3.19. The van der Waals surface area contributed by atoms with Crippen LogP contribution in [0, 0.1) is 0 Å². The van der Waals surface area contributed by atoms with E-state index in [1.807, 2.05) is 12.1 Å². The number of carbonyl (C=O) groups excluding carboxylic acids is 2. The molecule has 0 saturated carbocycles. The number of esters is 1. The lowest BCUT2D eigenvalue weighted by atomic mass is 10.1. The van der Waals surface area contributed by atoms with E-state index in [1.165, 1.54) is 13.3 Å². The van der Waals surface area contributed by atoms with Gasteiger partial charge in [0.15, 0.2) is 11.5 Å². The molecule has 1 unspecified atom stereocenters. The number of benzene rings is 1. The fraction of sp³-hybridized carbons (Fsp3) is 0.286. The Hall–Kier alpha value is -3.15. The van der Waals surface area contributed by atoms with Crippen LogP contribution in [0.15, 0.2) is 55.4 Å². The van der Waals surface area contributed by atoms with Crippen LogP contribution in [0.25, 0.3) is 0 Å². The summed E-state index contributed by atoms with van der Waals surface area (Å²) < 4.78 is 10.9. The molecule has 6 heteroatoms. The molecular formula is C21H22N2O4. The van der Waals surface area contributed by atoms with E-state index in [2.05, 4.69) is 11.6 Å². The number of aromatic nitrogens is 1. The molecule has 6 nitrogen and oxygen atoms in total. The standard InChI is InChI=1S/C21H22N2O4/c1-3-6-15-9-10-18(19(13-15)26-2)27-21(25)17-8-5-12-23(17)20(24)16-7-4-11-22-14-16/h3-4,7,9-11,13-14,17H,1,5-6,8,12H2,2H3. The highest BCUT2D eigenvalue weighted by atomic mass is 16.6. The molecule has 1 aromatic heterocycles. The van der Waals surface area contributed by atoms with E-state index in [9.17, 15) is 9.59 Å². The maximum atomic E-state index is 12.7. The number of likely N-dealkylation sites (tertiary alicyclic amines) is 1. The summed E-state index contributed by atoms with van der Waals surface area (Å²) in [4.78, 5) is 31.0. The minimum absolute atomic E-state index is 0.212. The van der Waals surface area contributed by atoms with E-state index in [1.54, 1.807) is 35.4 Å². The summed E-state index contributed by atoms with van der Waals surface area (Å²) in [6.45, 7) is 4.23. The molecular weight excluding hydrogens is 344 g/mol. The number of carbonyl (C=O) groups is 2. The second-order valence-corrected chi connectivity index (χ2v) is 6.30. The number of methoxy groups -OCH3 is 1. The Kier molecular flexibility index (Phi) is 5.86. The maximum Gasteiger partial charge on any atom is 0.334 e. The Morgan fingerprint density at radius 1 is 1.33 bits per heavy atom. The van der Waals surface area contributed by atoms with Gasteiger partial charge in [-0.3, -0.25) is 9.78 Å². The molecule has 0 spiro atoms. The van der Waals surface area contributed by atoms with E-state index in [-0.39, 0.29) is 5.91 Å². The Labute approximate surface area is 158 Å². The first-order valence-electron chi connectivity index (χ1n) is 8.84. The number of hydrogen-bond donors (Lipinski definition) is 0. The fourth-order valence-corrected chi connectivity index (χ4v) is 3.18. The first-order valence-corrected chi connectivity index (χ1v) is 8.84. The van der Waals surface area contributed by atoms with Crippen LogP contribution in [0.1, 0.15) is 28.8 Å². The lowest BCUT2D eigenvalue weighted by molar-refractivity contribution is -0.138. The quantitative estimate of drug-likeness (QED) is 0.447. The molecule has 1 amide bonds. The zero-order valence-corrected chi connectivity index (χ0v) is 15.3. The van der Waals surface area contributed by atoms with Crippen molar-refractivity contribution in [2.75, 3.05) is 13.7 Å². The van der Waals surface area contributed by atoms with Gasteiger partial charge in [0, 0.05) is 18.9 Å². The van der Waals surface area contributed by atoms with E-state index < -0.39 is 12.0 Å². The van der Waals surface area contributed by atoms with Crippen LogP contribution < -0.4 is 9.47 Å². The van der Waals surface area contributed by atoms with Crippen molar-refractivity contribution >= 4 is 11.9 Å². The van der Waals surface area contributed by atoms with E-state index in [0.29, 0.717) is 36.4 Å². The summed E-state index contributed by atoms with van der Waals surface area (Å²) in [7, 11) is 1.53. The van der Waals surface area contributed by atoms with Gasteiger partial charge in [0.05, 0.1) is 12.7 Å². The Morgan fingerprint density at radius 2 is 2.19 bits per heavy atom. The first kappa shape index (κ1) is 18.6. The summed E-state index contributed by atoms with van der Waals surface area (Å²) in [6.07, 6.45) is 6.92. The van der Waals surface area contributed by atoms with Gasteiger partial charge in [-0.25, -0.2) is 4.79 Å². The minimum Gasteiger partial charge on any atom is -0.493 e. The zero-order chi connectivity index (χ0) is 19.2. The summed E-state index contributed by atoms with van der Waals surface area (Å²) in [6, 6.07) is 8.16. The van der Waals surface area contributed by atoms with Crippen molar-refractivity contribution in [1.82, 2.24) is 9.88 Å². The number of nitrogens with zero attached hydrogens (tertiary/aromatic N) is 2. The van der Waals surface area contributed by atoms with Crippen molar-refractivity contribution in [1.29, 1.82) is 0 Å². The number of rotatable bonds is 6. The maximum absolute atomic E-state index is 12.7. The van der Waals surface area contributed by atoms with Gasteiger partial charge in [0.2, 0.25) is 0 Å². The molecule has 140 valence electrons. The van der Waals surface area contributed by atoms with Crippen molar-refractivity contribution < 1.29 is 19.1 Å². The number of pyridine rings is 1. The molecule has 3 rings (SSSR count). The van der Waals surface area contributed by atoms with Crippen LogP contribution >= 0.6 is 0 Å². The molecule has 2 heterocycles. The molecule has 1 saturated heterocycles. The fourth-order valence-electron chi connectivity index (χ4n) is 3.18. The van der Waals surface area contributed by atoms with Gasteiger partial charge in [-0.2, -0.15) is 0 Å². The van der Waals surface area contributed by atoms with Crippen LogP contribution in [0.3, 0.4) is 0 Å². The third kappa shape index (κ3) is 4.16. The number of ether oxygens (including phenoxy) is 2. The lowest BCUT2D eigenvalue weighted by Gasteiger charge is -2.23. The van der Waals surface area contributed by atoms with Gasteiger partial charge in [0.1, 0.15) is 6.04 Å². The van der Waals surface area contributed by atoms with Gasteiger partial charge in [-0.15, -0.1) is 6.58 Å². The highest BCUT2D eigenvalue weighted by molar-refractivity contribution is 5.97. The smallest absolute Gasteiger partial charge is 0.334 e.